The van der Waals surface area contributed by atoms with Gasteiger partial charge in [0.1, 0.15) is 0 Å². The Hall–Kier alpha value is -3.78. The van der Waals surface area contributed by atoms with E-state index in [1.165, 1.54) is 5.56 Å². The molecule has 4 aromatic rings. The summed E-state index contributed by atoms with van der Waals surface area (Å²) in [6.07, 6.45) is 7.40. The van der Waals surface area contributed by atoms with Gasteiger partial charge in [-0.2, -0.15) is 4.98 Å². The highest BCUT2D eigenvalue weighted by Gasteiger charge is 2.26. The molecule has 0 spiro atoms. The predicted octanol–water partition coefficient (Wildman–Crippen LogP) is 3.51. The monoisotopic (exact) mass is 456 g/mol. The number of nitrogens with one attached hydrogen (secondary N) is 1. The van der Waals surface area contributed by atoms with E-state index in [0.29, 0.717) is 31.3 Å². The molecule has 1 atom stereocenters. The second kappa shape index (κ2) is 10.4. The molecule has 2 aromatic heterocycles. The summed E-state index contributed by atoms with van der Waals surface area (Å²) in [5.74, 6) is 1.24. The van der Waals surface area contributed by atoms with Gasteiger partial charge >= 0.3 is 0 Å². The number of amides is 1. The first kappa shape index (κ1) is 22.0. The predicted molar refractivity (Wildman–Crippen MR) is 127 cm³/mol. The third kappa shape index (κ3) is 5.58. The van der Waals surface area contributed by atoms with Crippen molar-refractivity contribution in [2.24, 2.45) is 5.92 Å². The fourth-order valence-electron chi connectivity index (χ4n) is 4.32. The number of hydrogen-bond donors (Lipinski definition) is 1. The van der Waals surface area contributed by atoms with Crippen LogP contribution in [-0.4, -0.2) is 43.6 Å². The zero-order valence-electron chi connectivity index (χ0n) is 19.0. The first-order chi connectivity index (χ1) is 16.7. The molecule has 1 N–H and O–H groups in total. The molecular weight excluding hydrogens is 428 g/mol. The minimum Gasteiger partial charge on any atom is -0.352 e. The van der Waals surface area contributed by atoms with E-state index in [2.05, 4.69) is 49.6 Å². The molecule has 8 heteroatoms. The zero-order valence-corrected chi connectivity index (χ0v) is 19.0. The highest BCUT2D eigenvalue weighted by molar-refractivity contribution is 5.79. The minimum absolute atomic E-state index is 0.0363. The summed E-state index contributed by atoms with van der Waals surface area (Å²) in [6.45, 7) is 3.49. The lowest BCUT2D eigenvalue weighted by atomic mass is 9.97. The Morgan fingerprint density at radius 1 is 1.06 bits per heavy atom. The van der Waals surface area contributed by atoms with E-state index in [9.17, 15) is 4.79 Å². The molecule has 8 nitrogen and oxygen atoms in total. The van der Waals surface area contributed by atoms with Crippen LogP contribution in [0.5, 0.6) is 0 Å². The van der Waals surface area contributed by atoms with Gasteiger partial charge < -0.3 is 14.4 Å². The topological polar surface area (TPSA) is 89.1 Å². The van der Waals surface area contributed by atoms with Gasteiger partial charge in [0, 0.05) is 37.6 Å². The van der Waals surface area contributed by atoms with E-state index in [-0.39, 0.29) is 11.8 Å². The first-order valence-electron chi connectivity index (χ1n) is 11.6. The van der Waals surface area contributed by atoms with Crippen LogP contribution in [0.25, 0.3) is 11.4 Å². The Balaban J connectivity index is 1.11. The molecule has 0 bridgehead atoms. The highest BCUT2D eigenvalue weighted by atomic mass is 16.5. The molecule has 1 saturated heterocycles. The molecule has 1 unspecified atom stereocenters. The Kier molecular flexibility index (Phi) is 6.76. The number of aromatic nitrogens is 4. The van der Waals surface area contributed by atoms with Crippen LogP contribution in [0, 0.1) is 5.92 Å². The van der Waals surface area contributed by atoms with Crippen LogP contribution < -0.4 is 5.32 Å². The molecule has 1 amide bonds. The Morgan fingerprint density at radius 3 is 2.68 bits per heavy atom. The van der Waals surface area contributed by atoms with Gasteiger partial charge in [0.25, 0.3) is 0 Å². The average Bonchev–Trinajstić information content (AvgIpc) is 3.57. The number of hydrogen-bond acceptors (Lipinski definition) is 6. The van der Waals surface area contributed by atoms with Crippen molar-refractivity contribution in [1.82, 2.24) is 29.9 Å². The first-order valence-corrected chi connectivity index (χ1v) is 11.6. The summed E-state index contributed by atoms with van der Waals surface area (Å²) < 4.78 is 7.49. The maximum Gasteiger partial charge on any atom is 0.241 e. The SMILES string of the molecule is O=C(NCc1ccc(Cn2ccnc2)cc1)C1CCCN(Cc2nc(-c3ccccc3)no2)C1. The molecule has 34 heavy (non-hydrogen) atoms. The summed E-state index contributed by atoms with van der Waals surface area (Å²) in [5.41, 5.74) is 3.23. The van der Waals surface area contributed by atoms with E-state index in [4.69, 9.17) is 4.52 Å². The molecule has 0 radical (unpaired) electrons. The summed E-state index contributed by atoms with van der Waals surface area (Å²) in [7, 11) is 0. The lowest BCUT2D eigenvalue weighted by Crippen LogP contribution is -2.42. The van der Waals surface area contributed by atoms with Gasteiger partial charge in [0.15, 0.2) is 0 Å². The molecule has 0 aliphatic carbocycles. The van der Waals surface area contributed by atoms with Crippen molar-refractivity contribution in [2.45, 2.75) is 32.5 Å². The smallest absolute Gasteiger partial charge is 0.241 e. The van der Waals surface area contributed by atoms with Crippen molar-refractivity contribution in [1.29, 1.82) is 0 Å². The Labute approximate surface area is 198 Å². The minimum atomic E-state index is -0.0363. The molecule has 3 heterocycles. The van der Waals surface area contributed by atoms with Crippen molar-refractivity contribution >= 4 is 5.91 Å². The Bertz CT molecular complexity index is 1190. The van der Waals surface area contributed by atoms with Crippen molar-refractivity contribution in [2.75, 3.05) is 13.1 Å². The van der Waals surface area contributed by atoms with Crippen LogP contribution in [0.1, 0.15) is 29.9 Å². The van der Waals surface area contributed by atoms with Crippen LogP contribution in [0.4, 0.5) is 0 Å². The van der Waals surface area contributed by atoms with E-state index < -0.39 is 0 Å². The van der Waals surface area contributed by atoms with Gasteiger partial charge in [-0.1, -0.05) is 59.8 Å². The summed E-state index contributed by atoms with van der Waals surface area (Å²) >= 11 is 0. The number of imidazole rings is 1. The fraction of sp³-hybridized carbons (Fsp3) is 0.308. The Morgan fingerprint density at radius 2 is 1.88 bits per heavy atom. The van der Waals surface area contributed by atoms with Crippen molar-refractivity contribution in [3.8, 4) is 11.4 Å². The third-order valence-electron chi connectivity index (χ3n) is 6.15. The normalized spacial score (nSPS) is 16.4. The maximum atomic E-state index is 12.8. The lowest BCUT2D eigenvalue weighted by Gasteiger charge is -2.30. The molecule has 174 valence electrons. The van der Waals surface area contributed by atoms with Gasteiger partial charge in [0.2, 0.25) is 17.6 Å². The summed E-state index contributed by atoms with van der Waals surface area (Å²) in [4.78, 5) is 23.7. The zero-order chi connectivity index (χ0) is 23.2. The van der Waals surface area contributed by atoms with E-state index in [1.807, 2.05) is 47.4 Å². The molecule has 1 fully saturated rings. The third-order valence-corrected chi connectivity index (χ3v) is 6.15. The number of carbonyl (C=O) groups excluding carboxylic acids is 1. The highest BCUT2D eigenvalue weighted by Crippen LogP contribution is 2.20. The van der Waals surface area contributed by atoms with Gasteiger partial charge in [0.05, 0.1) is 18.8 Å². The molecule has 0 saturated carbocycles. The van der Waals surface area contributed by atoms with Crippen LogP contribution in [0.3, 0.4) is 0 Å². The fourth-order valence-corrected chi connectivity index (χ4v) is 4.32. The summed E-state index contributed by atoms with van der Waals surface area (Å²) in [5, 5.41) is 7.21. The van der Waals surface area contributed by atoms with Crippen molar-refractivity contribution < 1.29 is 9.32 Å². The summed E-state index contributed by atoms with van der Waals surface area (Å²) in [6, 6.07) is 18.1. The van der Waals surface area contributed by atoms with E-state index in [0.717, 1.165) is 37.1 Å². The molecule has 5 rings (SSSR count). The van der Waals surface area contributed by atoms with Gasteiger partial charge in [-0.05, 0) is 30.5 Å². The molecular formula is C26H28N6O2. The molecule has 2 aromatic carbocycles. The second-order valence-electron chi connectivity index (χ2n) is 8.72. The van der Waals surface area contributed by atoms with Crippen LogP contribution in [-0.2, 0) is 24.4 Å². The lowest BCUT2D eigenvalue weighted by molar-refractivity contribution is -0.127. The number of nitrogens with zero attached hydrogens (tertiary/aromatic N) is 5. The number of carbonyl (C=O) groups is 1. The number of piperidine rings is 1. The number of likely N-dealkylation sites (tertiary alicyclic amines) is 1. The second-order valence-corrected chi connectivity index (χ2v) is 8.72. The standard InChI is InChI=1S/C26H28N6O2/c33-26(28-15-20-8-10-21(11-9-20)16-32-14-12-27-19-32)23-7-4-13-31(17-23)18-24-29-25(30-34-24)22-5-2-1-3-6-22/h1-3,5-6,8-12,14,19,23H,4,7,13,15-18H2,(H,28,33). The van der Waals surface area contributed by atoms with Crippen LogP contribution in [0.15, 0.2) is 77.8 Å². The molecule has 1 aliphatic rings. The molecule has 1 aliphatic heterocycles. The van der Waals surface area contributed by atoms with E-state index in [1.54, 1.807) is 6.20 Å². The van der Waals surface area contributed by atoms with Gasteiger partial charge in [-0.15, -0.1) is 0 Å². The van der Waals surface area contributed by atoms with Crippen LogP contribution >= 0.6 is 0 Å². The average molecular weight is 457 g/mol. The van der Waals surface area contributed by atoms with Crippen molar-refractivity contribution in [3.05, 3.63) is 90.3 Å². The van der Waals surface area contributed by atoms with E-state index >= 15 is 0 Å². The quantitative estimate of drug-likeness (QED) is 0.437. The maximum absolute atomic E-state index is 12.8. The largest absolute Gasteiger partial charge is 0.352 e. The number of rotatable bonds is 8. The van der Waals surface area contributed by atoms with Gasteiger partial charge in [-0.25, -0.2) is 4.98 Å². The van der Waals surface area contributed by atoms with Crippen LogP contribution in [0.2, 0.25) is 0 Å². The van der Waals surface area contributed by atoms with Gasteiger partial charge in [-0.3, -0.25) is 9.69 Å². The van der Waals surface area contributed by atoms with Crippen molar-refractivity contribution in [3.63, 3.8) is 0 Å². The number of benzene rings is 2.